The van der Waals surface area contributed by atoms with E-state index in [0.717, 1.165) is 44.9 Å². The summed E-state index contributed by atoms with van der Waals surface area (Å²) in [5.74, 6) is 0.385. The van der Waals surface area contributed by atoms with E-state index >= 15 is 0 Å². The highest BCUT2D eigenvalue weighted by Crippen LogP contribution is 2.37. The Balaban J connectivity index is 1.47. The zero-order valence-corrected chi connectivity index (χ0v) is 20.3. The first-order valence-electron chi connectivity index (χ1n) is 11.7. The molecule has 33 heavy (non-hydrogen) atoms. The molecule has 2 aromatic rings. The van der Waals surface area contributed by atoms with Gasteiger partial charge in [0.2, 0.25) is 0 Å². The van der Waals surface area contributed by atoms with Crippen LogP contribution in [0.5, 0.6) is 5.75 Å². The van der Waals surface area contributed by atoms with Crippen molar-refractivity contribution in [3.05, 3.63) is 63.6 Å². The van der Waals surface area contributed by atoms with Crippen molar-refractivity contribution in [3.8, 4) is 5.75 Å². The van der Waals surface area contributed by atoms with Crippen LogP contribution in [0.15, 0.2) is 42.5 Å². The van der Waals surface area contributed by atoms with Crippen LogP contribution in [-0.2, 0) is 0 Å². The van der Waals surface area contributed by atoms with Crippen LogP contribution < -0.4 is 10.1 Å². The molecule has 2 amide bonds. The van der Waals surface area contributed by atoms with Gasteiger partial charge < -0.3 is 15.0 Å². The van der Waals surface area contributed by atoms with Gasteiger partial charge in [-0.1, -0.05) is 54.6 Å². The molecule has 0 atom stereocenters. The smallest absolute Gasteiger partial charge is 0.255 e. The van der Waals surface area contributed by atoms with Gasteiger partial charge >= 0.3 is 0 Å². The molecule has 4 rings (SSSR count). The van der Waals surface area contributed by atoms with E-state index in [-0.39, 0.29) is 17.2 Å². The van der Waals surface area contributed by atoms with Crippen LogP contribution in [-0.4, -0.2) is 43.0 Å². The molecule has 5 nitrogen and oxygen atoms in total. The maximum absolute atomic E-state index is 13.1. The molecule has 1 spiro atoms. The SMILES string of the molecule is O=C1NCC2(CCCCCCOc3ccc(Cl)cc31)CCN(C(=O)c1ccccc1Cl)CC2. The first-order chi connectivity index (χ1) is 16.0. The number of piperidine rings is 1. The number of likely N-dealkylation sites (tertiary alicyclic amines) is 1. The van der Waals surface area contributed by atoms with Crippen molar-refractivity contribution >= 4 is 35.0 Å². The van der Waals surface area contributed by atoms with Crippen molar-refractivity contribution < 1.29 is 14.3 Å². The van der Waals surface area contributed by atoms with Gasteiger partial charge in [0.05, 0.1) is 22.8 Å². The zero-order chi connectivity index (χ0) is 23.3. The Bertz CT molecular complexity index is 1000. The number of halogens is 2. The molecule has 1 fully saturated rings. The second-order valence-electron chi connectivity index (χ2n) is 9.11. The minimum Gasteiger partial charge on any atom is -0.493 e. The van der Waals surface area contributed by atoms with E-state index in [4.69, 9.17) is 27.9 Å². The highest BCUT2D eigenvalue weighted by Gasteiger charge is 2.36. The third-order valence-corrected chi connectivity index (χ3v) is 7.45. The number of ether oxygens (including phenoxy) is 1. The van der Waals surface area contributed by atoms with Crippen molar-refractivity contribution in [1.82, 2.24) is 10.2 Å². The van der Waals surface area contributed by atoms with Gasteiger partial charge in [-0.15, -0.1) is 0 Å². The van der Waals surface area contributed by atoms with E-state index in [1.807, 2.05) is 17.0 Å². The van der Waals surface area contributed by atoms with Crippen molar-refractivity contribution in [2.45, 2.75) is 44.9 Å². The summed E-state index contributed by atoms with van der Waals surface area (Å²) in [5, 5.41) is 4.14. The maximum atomic E-state index is 13.1. The largest absolute Gasteiger partial charge is 0.493 e. The molecule has 7 heteroatoms. The lowest BCUT2D eigenvalue weighted by Gasteiger charge is -2.42. The summed E-state index contributed by atoms with van der Waals surface area (Å²) in [7, 11) is 0. The van der Waals surface area contributed by atoms with Gasteiger partial charge in [-0.05, 0) is 61.4 Å². The number of nitrogens with one attached hydrogen (secondary N) is 1. The topological polar surface area (TPSA) is 58.6 Å². The first kappa shape index (κ1) is 23.9. The van der Waals surface area contributed by atoms with Crippen LogP contribution in [0.2, 0.25) is 10.0 Å². The van der Waals surface area contributed by atoms with E-state index in [0.29, 0.717) is 53.2 Å². The van der Waals surface area contributed by atoms with Crippen LogP contribution in [0.4, 0.5) is 0 Å². The molecule has 2 aromatic carbocycles. The normalized spacial score (nSPS) is 19.3. The van der Waals surface area contributed by atoms with E-state index in [1.165, 1.54) is 0 Å². The average molecular weight is 489 g/mol. The average Bonchev–Trinajstić information content (AvgIpc) is 2.84. The fourth-order valence-electron chi connectivity index (χ4n) is 4.81. The summed E-state index contributed by atoms with van der Waals surface area (Å²) in [6, 6.07) is 12.4. The van der Waals surface area contributed by atoms with Crippen LogP contribution in [0, 0.1) is 5.41 Å². The number of fused-ring (bicyclic) bond motifs is 1. The molecule has 0 saturated carbocycles. The number of rotatable bonds is 1. The Morgan fingerprint density at radius 2 is 1.73 bits per heavy atom. The molecule has 1 saturated heterocycles. The lowest BCUT2D eigenvalue weighted by molar-refractivity contribution is 0.0536. The molecular weight excluding hydrogens is 459 g/mol. The summed E-state index contributed by atoms with van der Waals surface area (Å²) in [4.78, 5) is 27.9. The zero-order valence-electron chi connectivity index (χ0n) is 18.7. The second kappa shape index (κ2) is 10.8. The Kier molecular flexibility index (Phi) is 7.82. The van der Waals surface area contributed by atoms with Crippen molar-refractivity contribution in [2.75, 3.05) is 26.2 Å². The van der Waals surface area contributed by atoms with Crippen LogP contribution >= 0.6 is 23.2 Å². The van der Waals surface area contributed by atoms with Crippen LogP contribution in [0.1, 0.15) is 65.7 Å². The number of nitrogens with zero attached hydrogens (tertiary/aromatic N) is 1. The van der Waals surface area contributed by atoms with Crippen LogP contribution in [0.25, 0.3) is 0 Å². The molecule has 2 aliphatic rings. The highest BCUT2D eigenvalue weighted by molar-refractivity contribution is 6.33. The molecule has 176 valence electrons. The molecule has 2 heterocycles. The first-order valence-corrected chi connectivity index (χ1v) is 12.5. The summed E-state index contributed by atoms with van der Waals surface area (Å²) in [6.45, 7) is 2.48. The number of carbonyl (C=O) groups is 2. The van der Waals surface area contributed by atoms with Crippen molar-refractivity contribution in [1.29, 1.82) is 0 Å². The molecule has 0 bridgehead atoms. The Labute approximate surface area is 205 Å². The van der Waals surface area contributed by atoms with E-state index in [2.05, 4.69) is 5.32 Å². The van der Waals surface area contributed by atoms with Gasteiger partial charge in [-0.25, -0.2) is 0 Å². The van der Waals surface area contributed by atoms with Gasteiger partial charge in [-0.2, -0.15) is 0 Å². The summed E-state index contributed by atoms with van der Waals surface area (Å²) < 4.78 is 5.88. The van der Waals surface area contributed by atoms with Gasteiger partial charge in [0, 0.05) is 24.7 Å². The van der Waals surface area contributed by atoms with E-state index in [1.54, 1.807) is 30.3 Å². The Morgan fingerprint density at radius 1 is 0.970 bits per heavy atom. The minimum atomic E-state index is -0.166. The minimum absolute atomic E-state index is 0.0233. The van der Waals surface area contributed by atoms with E-state index < -0.39 is 0 Å². The molecular formula is C26H30Cl2N2O3. The molecule has 2 aliphatic heterocycles. The fourth-order valence-corrected chi connectivity index (χ4v) is 5.20. The number of hydrogen-bond acceptors (Lipinski definition) is 3. The predicted molar refractivity (Wildman–Crippen MR) is 131 cm³/mol. The maximum Gasteiger partial charge on any atom is 0.255 e. The number of hydrogen-bond donors (Lipinski definition) is 1. The van der Waals surface area contributed by atoms with Gasteiger partial charge in [0.15, 0.2) is 0 Å². The summed E-state index contributed by atoms with van der Waals surface area (Å²) >= 11 is 12.4. The monoisotopic (exact) mass is 488 g/mol. The quantitative estimate of drug-likeness (QED) is 0.536. The lowest BCUT2D eigenvalue weighted by Crippen LogP contribution is -2.48. The third kappa shape index (κ3) is 5.82. The lowest BCUT2D eigenvalue weighted by atomic mass is 9.74. The Hall–Kier alpha value is -2.24. The molecule has 0 unspecified atom stereocenters. The molecule has 0 aliphatic carbocycles. The number of carbonyl (C=O) groups excluding carboxylic acids is 2. The molecule has 0 aromatic heterocycles. The second-order valence-corrected chi connectivity index (χ2v) is 9.95. The van der Waals surface area contributed by atoms with Gasteiger partial charge in [0.1, 0.15) is 5.75 Å². The van der Waals surface area contributed by atoms with Crippen LogP contribution in [0.3, 0.4) is 0 Å². The molecule has 1 N–H and O–H groups in total. The highest BCUT2D eigenvalue weighted by atomic mass is 35.5. The summed E-state index contributed by atoms with van der Waals surface area (Å²) in [5.41, 5.74) is 0.996. The predicted octanol–water partition coefficient (Wildman–Crippen LogP) is 5.99. The van der Waals surface area contributed by atoms with Crippen molar-refractivity contribution in [3.63, 3.8) is 0 Å². The summed E-state index contributed by atoms with van der Waals surface area (Å²) in [6.07, 6.45) is 7.02. The van der Waals surface area contributed by atoms with E-state index in [9.17, 15) is 9.59 Å². The fraction of sp³-hybridized carbons (Fsp3) is 0.462. The third-order valence-electron chi connectivity index (χ3n) is 6.88. The van der Waals surface area contributed by atoms with Gasteiger partial charge in [0.25, 0.3) is 11.8 Å². The standard InChI is InChI=1S/C26H30Cl2N2O3/c27-19-9-10-23-21(17-19)24(31)29-18-26(11-5-1-2-6-16-33-23)12-14-30(15-13-26)25(32)20-7-3-4-8-22(20)28/h3-4,7-10,17H,1-2,5-6,11-16,18H2,(H,29,31). The van der Waals surface area contributed by atoms with Gasteiger partial charge in [-0.3, -0.25) is 9.59 Å². The Morgan fingerprint density at radius 3 is 2.52 bits per heavy atom. The van der Waals surface area contributed by atoms with Crippen molar-refractivity contribution in [2.24, 2.45) is 5.41 Å². The number of amides is 2. The molecule has 0 radical (unpaired) electrons. The number of benzene rings is 2.